The Labute approximate surface area is 301 Å². The number of carbonyl (C=O) groups excluding carboxylic acids is 3. The average Bonchev–Trinajstić information content (AvgIpc) is 3.79. The number of nitrogens with one attached hydrogen (secondary N) is 3. The third-order valence-corrected chi connectivity index (χ3v) is 10.1. The number of ether oxygens (including phenoxy) is 1. The summed E-state index contributed by atoms with van der Waals surface area (Å²) in [4.78, 5) is 49.4. The normalized spacial score (nSPS) is 17.4. The molecule has 5 rings (SSSR count). The van der Waals surface area contributed by atoms with E-state index in [1.54, 1.807) is 23.1 Å². The standard InChI is InChI=1S/C37H47F4N7O4/c1-5-24(12-14-45(3)22-23-11-13-42-20-23)35(50)47-15-17-48(18-16-47)36(51)27-8-7-26(19-25(27)6-2)44-34(49)33-43-21-29(46(33)4)28-9-10-30(52-37(40)41)32(39)31(28)38/h7-10,19,21,23-24,37,42H,5-6,11-18,20,22H2,1-4H3,(H,44,49)/p+1. The van der Waals surface area contributed by atoms with Gasteiger partial charge < -0.3 is 34.6 Å². The second-order valence-corrected chi connectivity index (χ2v) is 13.6. The first-order valence-corrected chi connectivity index (χ1v) is 17.9. The van der Waals surface area contributed by atoms with Crippen molar-refractivity contribution in [3.05, 3.63) is 65.1 Å². The minimum Gasteiger partial charge on any atom is -0.432 e. The molecule has 3 unspecified atom stereocenters. The van der Waals surface area contributed by atoms with E-state index in [1.807, 2.05) is 11.8 Å². The fraction of sp³-hybridized carbons (Fsp3) is 0.514. The molecular formula is C37H48F4N7O4+. The Hall–Kier alpha value is -4.50. The van der Waals surface area contributed by atoms with E-state index in [2.05, 4.69) is 34.3 Å². The molecule has 15 heteroatoms. The van der Waals surface area contributed by atoms with Gasteiger partial charge in [-0.15, -0.1) is 0 Å². The molecule has 3 aromatic rings. The van der Waals surface area contributed by atoms with Gasteiger partial charge in [-0.3, -0.25) is 14.4 Å². The number of quaternary nitrogens is 1. The Morgan fingerprint density at radius 1 is 1.06 bits per heavy atom. The van der Waals surface area contributed by atoms with Crippen LogP contribution in [0.4, 0.5) is 23.2 Å². The monoisotopic (exact) mass is 730 g/mol. The van der Waals surface area contributed by atoms with Crippen LogP contribution in [0, 0.1) is 23.5 Å². The SMILES string of the molecule is CCc1cc(NC(=O)c2ncc(-c3ccc(OC(F)F)c(F)c3F)n2C)ccc1C(=O)N1CCN(C(=O)C(CC)CC[NH+](C)CC2CCNC2)CC1. The van der Waals surface area contributed by atoms with E-state index in [0.717, 1.165) is 56.7 Å². The molecule has 52 heavy (non-hydrogen) atoms. The lowest BCUT2D eigenvalue weighted by Gasteiger charge is -2.36. The molecule has 2 aliphatic rings. The van der Waals surface area contributed by atoms with Crippen molar-refractivity contribution in [3.63, 3.8) is 0 Å². The van der Waals surface area contributed by atoms with Crippen molar-refractivity contribution in [2.45, 2.75) is 46.1 Å². The fourth-order valence-electron chi connectivity index (χ4n) is 7.11. The Bertz CT molecular complexity index is 1740. The van der Waals surface area contributed by atoms with Crippen molar-refractivity contribution in [1.29, 1.82) is 0 Å². The summed E-state index contributed by atoms with van der Waals surface area (Å²) >= 11 is 0. The van der Waals surface area contributed by atoms with Crippen LogP contribution in [0.25, 0.3) is 11.3 Å². The summed E-state index contributed by atoms with van der Waals surface area (Å²) < 4.78 is 59.5. The number of alkyl halides is 2. The zero-order chi connectivity index (χ0) is 37.5. The molecule has 2 aliphatic heterocycles. The number of aromatic nitrogens is 2. The Morgan fingerprint density at radius 2 is 1.79 bits per heavy atom. The number of carbonyl (C=O) groups is 3. The molecule has 0 bridgehead atoms. The van der Waals surface area contributed by atoms with Gasteiger partial charge in [0.05, 0.1) is 32.0 Å². The summed E-state index contributed by atoms with van der Waals surface area (Å²) in [6.45, 7) is 6.67. The van der Waals surface area contributed by atoms with Crippen molar-refractivity contribution in [2.75, 3.05) is 64.7 Å². The van der Waals surface area contributed by atoms with E-state index >= 15 is 0 Å². The molecule has 3 amide bonds. The molecule has 0 radical (unpaired) electrons. The highest BCUT2D eigenvalue weighted by atomic mass is 19.3. The highest BCUT2D eigenvalue weighted by molar-refractivity contribution is 6.03. The average molecular weight is 731 g/mol. The van der Waals surface area contributed by atoms with Crippen molar-refractivity contribution in [3.8, 4) is 17.0 Å². The van der Waals surface area contributed by atoms with E-state index < -0.39 is 29.9 Å². The highest BCUT2D eigenvalue weighted by Gasteiger charge is 2.30. The van der Waals surface area contributed by atoms with Gasteiger partial charge >= 0.3 is 6.61 Å². The number of nitrogens with zero attached hydrogens (tertiary/aromatic N) is 4. The number of aryl methyl sites for hydroxylation is 1. The molecule has 0 aliphatic carbocycles. The lowest BCUT2D eigenvalue weighted by Crippen LogP contribution is -3.09. The summed E-state index contributed by atoms with van der Waals surface area (Å²) in [5.74, 6) is -4.02. The summed E-state index contributed by atoms with van der Waals surface area (Å²) in [6, 6.07) is 6.92. The fourth-order valence-corrected chi connectivity index (χ4v) is 7.11. The smallest absolute Gasteiger partial charge is 0.387 e. The second-order valence-electron chi connectivity index (χ2n) is 13.6. The van der Waals surface area contributed by atoms with Crippen molar-refractivity contribution < 1.29 is 41.6 Å². The third kappa shape index (κ3) is 8.92. The maximum absolute atomic E-state index is 14.8. The predicted octanol–water partition coefficient (Wildman–Crippen LogP) is 3.61. The maximum atomic E-state index is 14.8. The Morgan fingerprint density at radius 3 is 2.44 bits per heavy atom. The first-order chi connectivity index (χ1) is 24.9. The predicted molar refractivity (Wildman–Crippen MR) is 187 cm³/mol. The van der Waals surface area contributed by atoms with Gasteiger partial charge in [0, 0.05) is 74.8 Å². The first kappa shape index (κ1) is 38.7. The zero-order valence-electron chi connectivity index (χ0n) is 30.1. The van der Waals surface area contributed by atoms with Crippen LogP contribution in [0.2, 0.25) is 0 Å². The number of imidazole rings is 1. The van der Waals surface area contributed by atoms with Crippen molar-refractivity contribution in [1.82, 2.24) is 24.7 Å². The van der Waals surface area contributed by atoms with E-state index in [1.165, 1.54) is 29.1 Å². The number of hydrogen-bond acceptors (Lipinski definition) is 6. The molecular weight excluding hydrogens is 682 g/mol. The molecule has 2 fully saturated rings. The minimum absolute atomic E-state index is 0.0309. The van der Waals surface area contributed by atoms with Gasteiger partial charge in [-0.25, -0.2) is 9.37 Å². The van der Waals surface area contributed by atoms with Crippen LogP contribution in [0.5, 0.6) is 5.75 Å². The Balaban J connectivity index is 1.17. The van der Waals surface area contributed by atoms with Crippen molar-refractivity contribution >= 4 is 23.4 Å². The summed E-state index contributed by atoms with van der Waals surface area (Å²) in [5, 5.41) is 6.16. The third-order valence-electron chi connectivity index (χ3n) is 10.1. The van der Waals surface area contributed by atoms with Gasteiger partial charge in [0.2, 0.25) is 11.7 Å². The molecule has 2 aromatic carbocycles. The van der Waals surface area contributed by atoms with Crippen LogP contribution < -0.4 is 20.3 Å². The summed E-state index contributed by atoms with van der Waals surface area (Å²) in [6.07, 6.45) is 4.53. The van der Waals surface area contributed by atoms with Crippen LogP contribution >= 0.6 is 0 Å². The molecule has 3 atom stereocenters. The number of amides is 3. The van der Waals surface area contributed by atoms with Gasteiger partial charge in [-0.2, -0.15) is 13.2 Å². The summed E-state index contributed by atoms with van der Waals surface area (Å²) in [7, 11) is 3.64. The number of benzene rings is 2. The van der Waals surface area contributed by atoms with Crippen molar-refractivity contribution in [2.24, 2.45) is 18.9 Å². The van der Waals surface area contributed by atoms with Gasteiger partial charge in [0.1, 0.15) is 0 Å². The molecule has 3 N–H and O–H groups in total. The van der Waals surface area contributed by atoms with Gasteiger partial charge in [-0.05, 0) is 61.7 Å². The quantitative estimate of drug-likeness (QED) is 0.219. The van der Waals surface area contributed by atoms with Crippen LogP contribution in [0.1, 0.15) is 59.7 Å². The van der Waals surface area contributed by atoms with E-state index in [9.17, 15) is 31.9 Å². The number of halogens is 4. The number of anilines is 1. The molecule has 11 nitrogen and oxygen atoms in total. The maximum Gasteiger partial charge on any atom is 0.387 e. The van der Waals surface area contributed by atoms with Crippen LogP contribution in [0.3, 0.4) is 0 Å². The molecule has 0 spiro atoms. The topological polar surface area (TPSA) is 113 Å². The lowest BCUT2D eigenvalue weighted by molar-refractivity contribution is -0.883. The summed E-state index contributed by atoms with van der Waals surface area (Å²) in [5.41, 5.74) is 1.37. The molecule has 0 saturated carbocycles. The molecule has 282 valence electrons. The van der Waals surface area contributed by atoms with Crippen LogP contribution in [0.15, 0.2) is 36.5 Å². The highest BCUT2D eigenvalue weighted by Crippen LogP contribution is 2.31. The van der Waals surface area contributed by atoms with E-state index in [0.29, 0.717) is 49.8 Å². The van der Waals surface area contributed by atoms with Gasteiger partial charge in [0.25, 0.3) is 11.8 Å². The van der Waals surface area contributed by atoms with Crippen LogP contribution in [-0.4, -0.2) is 103 Å². The van der Waals surface area contributed by atoms with Crippen LogP contribution in [-0.2, 0) is 18.3 Å². The number of piperazine rings is 1. The minimum atomic E-state index is -3.33. The zero-order valence-corrected chi connectivity index (χ0v) is 30.1. The Kier molecular flexibility index (Phi) is 12.9. The number of rotatable bonds is 14. The molecule has 3 heterocycles. The largest absolute Gasteiger partial charge is 0.432 e. The van der Waals surface area contributed by atoms with E-state index in [-0.39, 0.29) is 34.8 Å². The van der Waals surface area contributed by atoms with Gasteiger partial charge in [0.15, 0.2) is 17.4 Å². The van der Waals surface area contributed by atoms with E-state index in [4.69, 9.17) is 0 Å². The second kappa shape index (κ2) is 17.3. The molecule has 2 saturated heterocycles. The molecule has 1 aromatic heterocycles. The first-order valence-electron chi connectivity index (χ1n) is 17.9. The van der Waals surface area contributed by atoms with Gasteiger partial charge in [-0.1, -0.05) is 13.8 Å². The lowest BCUT2D eigenvalue weighted by atomic mass is 9.99. The number of hydrogen-bond donors (Lipinski definition) is 3.